The average molecular weight is 455 g/mol. The molecule has 5 nitrogen and oxygen atoms in total. The van der Waals surface area contributed by atoms with Gasteiger partial charge in [-0.2, -0.15) is 8.78 Å². The van der Waals surface area contributed by atoms with Crippen LogP contribution in [0, 0.1) is 5.82 Å². The van der Waals surface area contributed by atoms with Gasteiger partial charge in [0.05, 0.1) is 11.4 Å². The average Bonchev–Trinajstić information content (AvgIpc) is 2.79. The SMILES string of the molecule is O=C(CSc1nnc(-c2ccc(F)cc2)c2ccccc12)Nc1ccccc1OC(F)F. The summed E-state index contributed by atoms with van der Waals surface area (Å²) in [5.74, 6) is -0.884. The monoisotopic (exact) mass is 455 g/mol. The Kier molecular flexibility index (Phi) is 6.55. The summed E-state index contributed by atoms with van der Waals surface area (Å²) in [6.07, 6.45) is 0. The molecule has 0 radical (unpaired) electrons. The number of halogens is 3. The molecule has 0 aliphatic rings. The van der Waals surface area contributed by atoms with Crippen molar-refractivity contribution in [1.82, 2.24) is 10.2 Å². The molecule has 4 aromatic rings. The van der Waals surface area contributed by atoms with E-state index in [0.717, 1.165) is 16.3 Å². The van der Waals surface area contributed by atoms with Crippen molar-refractivity contribution in [2.45, 2.75) is 11.6 Å². The molecule has 0 aliphatic carbocycles. The van der Waals surface area contributed by atoms with Crippen LogP contribution in [0.1, 0.15) is 0 Å². The van der Waals surface area contributed by atoms with E-state index in [4.69, 9.17) is 0 Å². The second kappa shape index (κ2) is 9.69. The van der Waals surface area contributed by atoms with Gasteiger partial charge in [-0.3, -0.25) is 4.79 Å². The van der Waals surface area contributed by atoms with Crippen LogP contribution in [0.5, 0.6) is 5.75 Å². The van der Waals surface area contributed by atoms with Gasteiger partial charge < -0.3 is 10.1 Å². The van der Waals surface area contributed by atoms with Gasteiger partial charge in [-0.1, -0.05) is 48.2 Å². The number of nitrogens with one attached hydrogen (secondary N) is 1. The lowest BCUT2D eigenvalue weighted by Gasteiger charge is -2.12. The molecule has 1 amide bonds. The van der Waals surface area contributed by atoms with Crippen LogP contribution in [0.15, 0.2) is 77.8 Å². The first-order valence-electron chi connectivity index (χ1n) is 9.49. The van der Waals surface area contributed by atoms with Crippen LogP contribution in [-0.4, -0.2) is 28.5 Å². The number of aromatic nitrogens is 2. The summed E-state index contributed by atoms with van der Waals surface area (Å²) in [6, 6.07) is 19.4. The molecule has 4 rings (SSSR count). The molecule has 9 heteroatoms. The molecule has 0 unspecified atom stereocenters. The molecule has 1 aromatic heterocycles. The third-order valence-corrected chi connectivity index (χ3v) is 5.47. The van der Waals surface area contributed by atoms with Gasteiger partial charge in [0, 0.05) is 16.3 Å². The van der Waals surface area contributed by atoms with Gasteiger partial charge >= 0.3 is 6.61 Å². The number of carbonyl (C=O) groups is 1. The molecule has 0 saturated carbocycles. The van der Waals surface area contributed by atoms with Gasteiger partial charge in [-0.25, -0.2) is 4.39 Å². The van der Waals surface area contributed by atoms with Crippen LogP contribution in [-0.2, 0) is 4.79 Å². The first-order valence-corrected chi connectivity index (χ1v) is 10.5. The van der Waals surface area contributed by atoms with Gasteiger partial charge in [-0.05, 0) is 36.4 Å². The molecular weight excluding hydrogens is 439 g/mol. The van der Waals surface area contributed by atoms with E-state index in [1.54, 1.807) is 18.2 Å². The minimum absolute atomic E-state index is 0.0163. The summed E-state index contributed by atoms with van der Waals surface area (Å²) in [6.45, 7) is -3.00. The highest BCUT2D eigenvalue weighted by molar-refractivity contribution is 8.00. The van der Waals surface area contributed by atoms with Crippen molar-refractivity contribution >= 4 is 34.1 Å². The number of fused-ring (bicyclic) bond motifs is 1. The number of anilines is 1. The number of benzene rings is 3. The second-order valence-electron chi connectivity index (χ2n) is 6.62. The number of nitrogens with zero attached hydrogens (tertiary/aromatic N) is 2. The number of thioether (sulfide) groups is 1. The number of rotatable bonds is 7. The fourth-order valence-electron chi connectivity index (χ4n) is 3.10. The number of carbonyl (C=O) groups excluding carboxylic acids is 1. The zero-order chi connectivity index (χ0) is 22.5. The van der Waals surface area contributed by atoms with Crippen LogP contribution in [0.2, 0.25) is 0 Å². The molecule has 1 heterocycles. The van der Waals surface area contributed by atoms with Crippen LogP contribution in [0.25, 0.3) is 22.0 Å². The van der Waals surface area contributed by atoms with E-state index in [-0.39, 0.29) is 23.0 Å². The van der Waals surface area contributed by atoms with E-state index in [9.17, 15) is 18.0 Å². The highest BCUT2D eigenvalue weighted by Gasteiger charge is 2.15. The van der Waals surface area contributed by atoms with E-state index in [0.29, 0.717) is 10.7 Å². The minimum atomic E-state index is -3.00. The molecule has 162 valence electrons. The summed E-state index contributed by atoms with van der Waals surface area (Å²) in [7, 11) is 0. The maximum Gasteiger partial charge on any atom is 0.387 e. The smallest absolute Gasteiger partial charge is 0.387 e. The first-order chi connectivity index (χ1) is 15.5. The predicted molar refractivity (Wildman–Crippen MR) is 117 cm³/mol. The summed E-state index contributed by atoms with van der Waals surface area (Å²) < 4.78 is 42.8. The largest absolute Gasteiger partial charge is 0.433 e. The summed E-state index contributed by atoms with van der Waals surface area (Å²) in [5, 5.41) is 13.3. The standard InChI is InChI=1S/C23H16F3N3O2S/c24-15-11-9-14(10-12-15)21-16-5-1-2-6-17(16)22(29-28-21)32-13-20(30)27-18-7-3-4-8-19(18)31-23(25)26/h1-12,23H,13H2,(H,27,30). The zero-order valence-corrected chi connectivity index (χ0v) is 17.3. The Morgan fingerprint density at radius 2 is 1.62 bits per heavy atom. The zero-order valence-electron chi connectivity index (χ0n) is 16.5. The second-order valence-corrected chi connectivity index (χ2v) is 7.58. The highest BCUT2D eigenvalue weighted by Crippen LogP contribution is 2.32. The summed E-state index contributed by atoms with van der Waals surface area (Å²) in [5.41, 5.74) is 1.48. The molecule has 0 atom stereocenters. The first kappa shape index (κ1) is 21.6. The molecule has 0 fully saturated rings. The van der Waals surface area contributed by atoms with Crippen molar-refractivity contribution in [2.24, 2.45) is 0 Å². The molecule has 0 saturated heterocycles. The van der Waals surface area contributed by atoms with Crippen molar-refractivity contribution in [3.63, 3.8) is 0 Å². The summed E-state index contributed by atoms with van der Waals surface area (Å²) >= 11 is 1.17. The van der Waals surface area contributed by atoms with Crippen molar-refractivity contribution in [3.8, 4) is 17.0 Å². The lowest BCUT2D eigenvalue weighted by molar-refractivity contribution is -0.113. The van der Waals surface area contributed by atoms with E-state index in [1.807, 2.05) is 24.3 Å². The molecule has 0 aliphatic heterocycles. The molecule has 0 spiro atoms. The lowest BCUT2D eigenvalue weighted by Crippen LogP contribution is -2.15. The number of hydrogen-bond acceptors (Lipinski definition) is 5. The molecular formula is C23H16F3N3O2S. The fraction of sp³-hybridized carbons (Fsp3) is 0.0870. The number of ether oxygens (including phenoxy) is 1. The van der Waals surface area contributed by atoms with Gasteiger partial charge in [0.1, 0.15) is 22.3 Å². The fourth-order valence-corrected chi connectivity index (χ4v) is 3.87. The number of alkyl halides is 2. The van der Waals surface area contributed by atoms with Gasteiger partial charge in [0.2, 0.25) is 5.91 Å². The Labute approximate surface area is 185 Å². The number of para-hydroxylation sites is 2. The van der Waals surface area contributed by atoms with Crippen LogP contribution in [0.4, 0.5) is 18.9 Å². The van der Waals surface area contributed by atoms with Gasteiger partial charge in [0.15, 0.2) is 0 Å². The number of amides is 1. The van der Waals surface area contributed by atoms with Crippen molar-refractivity contribution in [1.29, 1.82) is 0 Å². The van der Waals surface area contributed by atoms with Crippen molar-refractivity contribution in [2.75, 3.05) is 11.1 Å². The third-order valence-electron chi connectivity index (χ3n) is 4.49. The maximum absolute atomic E-state index is 13.3. The normalized spacial score (nSPS) is 11.0. The Bertz CT molecular complexity index is 1250. The topological polar surface area (TPSA) is 64.1 Å². The van der Waals surface area contributed by atoms with Crippen LogP contribution >= 0.6 is 11.8 Å². The van der Waals surface area contributed by atoms with Crippen molar-refractivity contribution < 1.29 is 22.7 Å². The predicted octanol–water partition coefficient (Wildman–Crippen LogP) is 5.77. The van der Waals surface area contributed by atoms with Crippen molar-refractivity contribution in [3.05, 3.63) is 78.6 Å². The minimum Gasteiger partial charge on any atom is -0.433 e. The van der Waals surface area contributed by atoms with E-state index < -0.39 is 12.5 Å². The van der Waals surface area contributed by atoms with E-state index in [2.05, 4.69) is 20.3 Å². The van der Waals surface area contributed by atoms with Gasteiger partial charge in [0.25, 0.3) is 0 Å². The molecule has 3 aromatic carbocycles. The van der Waals surface area contributed by atoms with Gasteiger partial charge in [-0.15, -0.1) is 10.2 Å². The quantitative estimate of drug-likeness (QED) is 0.359. The Hall–Kier alpha value is -3.59. The van der Waals surface area contributed by atoms with Crippen LogP contribution in [0.3, 0.4) is 0 Å². The Morgan fingerprint density at radius 1 is 0.938 bits per heavy atom. The Balaban J connectivity index is 1.53. The lowest BCUT2D eigenvalue weighted by atomic mass is 10.1. The molecule has 0 bridgehead atoms. The third kappa shape index (κ3) is 5.00. The molecule has 1 N–H and O–H groups in total. The molecule has 32 heavy (non-hydrogen) atoms. The van der Waals surface area contributed by atoms with E-state index >= 15 is 0 Å². The van der Waals surface area contributed by atoms with E-state index in [1.165, 1.54) is 42.1 Å². The summed E-state index contributed by atoms with van der Waals surface area (Å²) in [4.78, 5) is 12.4. The number of hydrogen-bond donors (Lipinski definition) is 1. The highest BCUT2D eigenvalue weighted by atomic mass is 32.2. The maximum atomic E-state index is 13.3. The van der Waals surface area contributed by atoms with Crippen LogP contribution < -0.4 is 10.1 Å². The Morgan fingerprint density at radius 3 is 2.38 bits per heavy atom.